The van der Waals surface area contributed by atoms with Crippen LogP contribution < -0.4 is 11.1 Å². The number of aromatic amines is 1. The van der Waals surface area contributed by atoms with Crippen molar-refractivity contribution in [1.29, 1.82) is 0 Å². The minimum absolute atomic E-state index is 0.707. The first kappa shape index (κ1) is 12.0. The molecule has 3 rings (SSSR count). The van der Waals surface area contributed by atoms with Gasteiger partial charge in [0.2, 0.25) is 5.95 Å². The summed E-state index contributed by atoms with van der Waals surface area (Å²) in [5.41, 5.74) is 10.5. The number of nitrogen functional groups attached to an aromatic ring is 1. The number of aromatic nitrogens is 2. The Morgan fingerprint density at radius 1 is 1.21 bits per heavy atom. The van der Waals surface area contributed by atoms with Gasteiger partial charge in [-0.25, -0.2) is 4.98 Å². The van der Waals surface area contributed by atoms with Gasteiger partial charge in [-0.05, 0) is 48.9 Å². The average molecular weight is 317 g/mol. The van der Waals surface area contributed by atoms with Gasteiger partial charge in [-0.2, -0.15) is 0 Å². The van der Waals surface area contributed by atoms with Crippen molar-refractivity contribution in [2.75, 3.05) is 11.1 Å². The molecule has 5 heteroatoms. The Morgan fingerprint density at radius 2 is 2.05 bits per heavy atom. The molecule has 3 aromatic rings. The van der Waals surface area contributed by atoms with Gasteiger partial charge in [0.25, 0.3) is 0 Å². The zero-order valence-electron chi connectivity index (χ0n) is 10.4. The number of hydrogen-bond donors (Lipinski definition) is 3. The number of aryl methyl sites for hydroxylation is 1. The summed E-state index contributed by atoms with van der Waals surface area (Å²) in [5.74, 6) is 0.707. The van der Waals surface area contributed by atoms with E-state index in [9.17, 15) is 0 Å². The standard InChI is InChI=1S/C14H13BrN4/c1-8-4-9(15)6-11(5-8)17-14-18-12-3-2-10(16)7-13(12)19-14/h2-7H,16H2,1H3,(H2,17,18,19). The number of nitrogens with two attached hydrogens (primary N) is 1. The number of anilines is 3. The fourth-order valence-corrected chi connectivity index (χ4v) is 2.64. The molecule has 0 fully saturated rings. The molecule has 0 saturated heterocycles. The van der Waals surface area contributed by atoms with Crippen molar-refractivity contribution in [2.24, 2.45) is 0 Å². The topological polar surface area (TPSA) is 66.7 Å². The number of halogens is 1. The lowest BCUT2D eigenvalue weighted by atomic mass is 10.2. The highest BCUT2D eigenvalue weighted by molar-refractivity contribution is 9.10. The van der Waals surface area contributed by atoms with Crippen LogP contribution in [0.4, 0.5) is 17.3 Å². The number of fused-ring (bicyclic) bond motifs is 1. The van der Waals surface area contributed by atoms with Gasteiger partial charge in [0.1, 0.15) is 0 Å². The predicted molar refractivity (Wildman–Crippen MR) is 82.7 cm³/mol. The van der Waals surface area contributed by atoms with Gasteiger partial charge in [0.15, 0.2) is 0 Å². The van der Waals surface area contributed by atoms with Crippen LogP contribution in [0.25, 0.3) is 11.0 Å². The van der Waals surface area contributed by atoms with Crippen LogP contribution in [0.2, 0.25) is 0 Å². The molecular weight excluding hydrogens is 304 g/mol. The lowest BCUT2D eigenvalue weighted by Gasteiger charge is -2.04. The van der Waals surface area contributed by atoms with Crippen molar-refractivity contribution in [3.8, 4) is 0 Å². The SMILES string of the molecule is Cc1cc(Br)cc(Nc2nc3ccc(N)cc3[nH]2)c1. The summed E-state index contributed by atoms with van der Waals surface area (Å²) in [4.78, 5) is 7.68. The van der Waals surface area contributed by atoms with Crippen molar-refractivity contribution in [2.45, 2.75) is 6.92 Å². The van der Waals surface area contributed by atoms with Crippen LogP contribution >= 0.6 is 15.9 Å². The Labute approximate surface area is 119 Å². The van der Waals surface area contributed by atoms with Gasteiger partial charge in [-0.15, -0.1) is 0 Å². The minimum atomic E-state index is 0.707. The first-order valence-electron chi connectivity index (χ1n) is 5.89. The van der Waals surface area contributed by atoms with E-state index in [0.717, 1.165) is 26.9 Å². The molecule has 19 heavy (non-hydrogen) atoms. The minimum Gasteiger partial charge on any atom is -0.399 e. The Morgan fingerprint density at radius 3 is 2.84 bits per heavy atom. The van der Waals surface area contributed by atoms with E-state index in [4.69, 9.17) is 5.73 Å². The Bertz CT molecular complexity index is 728. The Kier molecular flexibility index (Phi) is 2.91. The molecule has 0 saturated carbocycles. The zero-order chi connectivity index (χ0) is 13.4. The van der Waals surface area contributed by atoms with Crippen LogP contribution in [0, 0.1) is 6.92 Å². The first-order chi connectivity index (χ1) is 9.10. The van der Waals surface area contributed by atoms with Crippen molar-refractivity contribution >= 4 is 44.3 Å². The van der Waals surface area contributed by atoms with Gasteiger partial charge in [0.05, 0.1) is 11.0 Å². The summed E-state index contributed by atoms with van der Waals surface area (Å²) < 4.78 is 1.04. The van der Waals surface area contributed by atoms with Crippen molar-refractivity contribution in [3.63, 3.8) is 0 Å². The average Bonchev–Trinajstić information content (AvgIpc) is 2.68. The second kappa shape index (κ2) is 4.59. The largest absolute Gasteiger partial charge is 0.399 e. The highest BCUT2D eigenvalue weighted by atomic mass is 79.9. The molecule has 0 aliphatic carbocycles. The van der Waals surface area contributed by atoms with Crippen molar-refractivity contribution < 1.29 is 0 Å². The maximum absolute atomic E-state index is 5.75. The van der Waals surface area contributed by atoms with Crippen LogP contribution in [0.15, 0.2) is 40.9 Å². The van der Waals surface area contributed by atoms with E-state index in [-0.39, 0.29) is 0 Å². The van der Waals surface area contributed by atoms with E-state index in [1.807, 2.05) is 24.3 Å². The number of hydrogen-bond acceptors (Lipinski definition) is 3. The summed E-state index contributed by atoms with van der Waals surface area (Å²) in [5, 5.41) is 3.26. The third-order valence-electron chi connectivity index (χ3n) is 2.81. The molecule has 2 aromatic carbocycles. The van der Waals surface area contributed by atoms with Crippen LogP contribution in [0.5, 0.6) is 0 Å². The van der Waals surface area contributed by atoms with Gasteiger partial charge in [-0.3, -0.25) is 0 Å². The van der Waals surface area contributed by atoms with Crippen LogP contribution in [-0.4, -0.2) is 9.97 Å². The Balaban J connectivity index is 1.96. The van der Waals surface area contributed by atoms with Crippen LogP contribution in [0.3, 0.4) is 0 Å². The van der Waals surface area contributed by atoms with E-state index in [0.29, 0.717) is 5.95 Å². The Hall–Kier alpha value is -2.01. The molecule has 0 spiro atoms. The quantitative estimate of drug-likeness (QED) is 0.627. The zero-order valence-corrected chi connectivity index (χ0v) is 12.0. The molecule has 0 amide bonds. The molecular formula is C14H13BrN4. The van der Waals surface area contributed by atoms with E-state index < -0.39 is 0 Å². The third kappa shape index (κ3) is 2.56. The summed E-state index contributed by atoms with van der Waals surface area (Å²) in [6.45, 7) is 2.05. The smallest absolute Gasteiger partial charge is 0.205 e. The monoisotopic (exact) mass is 316 g/mol. The number of nitrogens with one attached hydrogen (secondary N) is 2. The van der Waals surface area contributed by atoms with Gasteiger partial charge in [0, 0.05) is 15.8 Å². The first-order valence-corrected chi connectivity index (χ1v) is 6.69. The maximum atomic E-state index is 5.75. The fraction of sp³-hybridized carbons (Fsp3) is 0.0714. The number of imidazole rings is 1. The molecule has 0 aliphatic rings. The van der Waals surface area contributed by atoms with E-state index in [2.05, 4.69) is 50.3 Å². The summed E-state index contributed by atoms with van der Waals surface area (Å²) >= 11 is 3.48. The molecule has 1 aromatic heterocycles. The fourth-order valence-electron chi connectivity index (χ4n) is 2.03. The number of benzene rings is 2. The molecule has 0 bridgehead atoms. The molecule has 1 heterocycles. The molecule has 0 radical (unpaired) electrons. The second-order valence-corrected chi connectivity index (χ2v) is 5.42. The van der Waals surface area contributed by atoms with Crippen LogP contribution in [-0.2, 0) is 0 Å². The van der Waals surface area contributed by atoms with E-state index in [1.54, 1.807) is 0 Å². The van der Waals surface area contributed by atoms with Crippen molar-refractivity contribution in [3.05, 3.63) is 46.4 Å². The number of rotatable bonds is 2. The summed E-state index contributed by atoms with van der Waals surface area (Å²) in [6.07, 6.45) is 0. The number of H-pyrrole nitrogens is 1. The molecule has 96 valence electrons. The van der Waals surface area contributed by atoms with Crippen LogP contribution in [0.1, 0.15) is 5.56 Å². The maximum Gasteiger partial charge on any atom is 0.205 e. The van der Waals surface area contributed by atoms with Crippen molar-refractivity contribution in [1.82, 2.24) is 9.97 Å². The molecule has 0 aliphatic heterocycles. The molecule has 0 atom stereocenters. The molecule has 4 nitrogen and oxygen atoms in total. The number of nitrogens with zero attached hydrogens (tertiary/aromatic N) is 1. The van der Waals surface area contributed by atoms with Gasteiger partial charge in [-0.1, -0.05) is 15.9 Å². The van der Waals surface area contributed by atoms with E-state index >= 15 is 0 Å². The van der Waals surface area contributed by atoms with Gasteiger partial charge >= 0.3 is 0 Å². The molecule has 0 unspecified atom stereocenters. The molecule has 4 N–H and O–H groups in total. The third-order valence-corrected chi connectivity index (χ3v) is 3.27. The normalized spacial score (nSPS) is 10.8. The van der Waals surface area contributed by atoms with E-state index in [1.165, 1.54) is 5.56 Å². The summed E-state index contributed by atoms with van der Waals surface area (Å²) in [6, 6.07) is 11.7. The van der Waals surface area contributed by atoms with Gasteiger partial charge < -0.3 is 16.0 Å². The second-order valence-electron chi connectivity index (χ2n) is 4.50. The summed E-state index contributed by atoms with van der Waals surface area (Å²) in [7, 11) is 0. The lowest BCUT2D eigenvalue weighted by Crippen LogP contribution is -1.92. The predicted octanol–water partition coefficient (Wildman–Crippen LogP) is 3.96. The highest BCUT2D eigenvalue weighted by Crippen LogP contribution is 2.23. The lowest BCUT2D eigenvalue weighted by molar-refractivity contribution is 1.30. The highest BCUT2D eigenvalue weighted by Gasteiger charge is 2.04.